The lowest BCUT2D eigenvalue weighted by Crippen LogP contribution is -2.62. The molecular weight excluding hydrogens is 434 g/mol. The number of thioether (sulfide) groups is 1. The molecule has 1 saturated heterocycles. The molecule has 2 aliphatic heterocycles. The van der Waals surface area contributed by atoms with Crippen LogP contribution in [0.3, 0.4) is 0 Å². The minimum absolute atomic E-state index is 0.0360. The van der Waals surface area contributed by atoms with Gasteiger partial charge in [0.2, 0.25) is 11.8 Å². The van der Waals surface area contributed by atoms with E-state index in [1.165, 1.54) is 22.2 Å². The van der Waals surface area contributed by atoms with Crippen LogP contribution in [0.1, 0.15) is 40.3 Å². The summed E-state index contributed by atoms with van der Waals surface area (Å²) in [4.78, 5) is 42.4. The highest BCUT2D eigenvalue weighted by Crippen LogP contribution is 2.35. The smallest absolute Gasteiger partial charge is 0.328 e. The maximum absolute atomic E-state index is 13.4. The maximum Gasteiger partial charge on any atom is 0.328 e. The highest BCUT2D eigenvalue weighted by Gasteiger charge is 2.47. The van der Waals surface area contributed by atoms with Crippen LogP contribution < -0.4 is 5.32 Å². The van der Waals surface area contributed by atoms with Gasteiger partial charge in [-0.15, -0.1) is 11.8 Å². The molecule has 0 saturated carbocycles. The van der Waals surface area contributed by atoms with Gasteiger partial charge >= 0.3 is 6.03 Å². The Kier molecular flexibility index (Phi) is 5.74. The lowest BCUT2D eigenvalue weighted by Gasteiger charge is -2.41. The first kappa shape index (κ1) is 21.8. The van der Waals surface area contributed by atoms with Crippen LogP contribution in [0.4, 0.5) is 4.79 Å². The minimum Gasteiger partial charge on any atom is -0.348 e. The Bertz CT molecular complexity index is 1160. The number of imide groups is 1. The number of nitrogens with zero attached hydrogens (tertiary/aromatic N) is 2. The largest absolute Gasteiger partial charge is 0.348 e. The Morgan fingerprint density at radius 2 is 1.94 bits per heavy atom. The number of aryl methyl sites for hydroxylation is 3. The molecule has 1 aliphatic carbocycles. The number of benzene rings is 2. The number of hydrogen-bond donors (Lipinski definition) is 1. The first-order valence-corrected chi connectivity index (χ1v) is 12.2. The molecule has 4 amide bonds. The lowest BCUT2D eigenvalue weighted by molar-refractivity contribution is -0.133. The number of urea groups is 1. The normalized spacial score (nSPS) is 23.6. The van der Waals surface area contributed by atoms with Crippen LogP contribution in [0.15, 0.2) is 53.9 Å². The van der Waals surface area contributed by atoms with Gasteiger partial charge in [-0.2, -0.15) is 0 Å². The molecule has 0 bridgehead atoms. The first-order chi connectivity index (χ1) is 15.9. The lowest BCUT2D eigenvalue weighted by atomic mass is 10.0. The van der Waals surface area contributed by atoms with E-state index < -0.39 is 17.3 Å². The van der Waals surface area contributed by atoms with Crippen LogP contribution in [-0.4, -0.2) is 45.5 Å². The zero-order chi connectivity index (χ0) is 23.1. The van der Waals surface area contributed by atoms with Crippen molar-refractivity contribution in [1.29, 1.82) is 0 Å². The predicted octanol–water partition coefficient (Wildman–Crippen LogP) is 3.87. The average Bonchev–Trinajstić information content (AvgIpc) is 3.45. The third-order valence-electron chi connectivity index (χ3n) is 6.85. The zero-order valence-corrected chi connectivity index (χ0v) is 19.6. The highest BCUT2D eigenvalue weighted by atomic mass is 32.2. The fraction of sp³-hybridized carbons (Fsp3) is 0.346. The van der Waals surface area contributed by atoms with Gasteiger partial charge in [0.1, 0.15) is 11.8 Å². The van der Waals surface area contributed by atoms with Gasteiger partial charge in [0.15, 0.2) is 0 Å². The number of rotatable bonds is 5. The molecule has 33 heavy (non-hydrogen) atoms. The van der Waals surface area contributed by atoms with Crippen LogP contribution in [-0.2, 0) is 22.6 Å². The molecule has 2 aromatic carbocycles. The Labute approximate surface area is 198 Å². The second-order valence-corrected chi connectivity index (χ2v) is 10.0. The second kappa shape index (κ2) is 8.71. The van der Waals surface area contributed by atoms with E-state index in [0.717, 1.165) is 35.1 Å². The van der Waals surface area contributed by atoms with Crippen molar-refractivity contribution in [3.63, 3.8) is 0 Å². The molecule has 6 nitrogen and oxygen atoms in total. The summed E-state index contributed by atoms with van der Waals surface area (Å²) < 4.78 is 0. The van der Waals surface area contributed by atoms with Crippen LogP contribution in [0, 0.1) is 13.8 Å². The molecule has 170 valence electrons. The molecule has 1 N–H and O–H groups in total. The molecule has 2 aromatic rings. The fourth-order valence-electron chi connectivity index (χ4n) is 4.90. The van der Waals surface area contributed by atoms with Crippen molar-refractivity contribution in [2.45, 2.75) is 50.6 Å². The van der Waals surface area contributed by atoms with Crippen molar-refractivity contribution >= 4 is 29.6 Å². The monoisotopic (exact) mass is 461 g/mol. The summed E-state index contributed by atoms with van der Waals surface area (Å²) >= 11 is 1.41. The number of carbonyl (C=O) groups excluding carboxylic acids is 3. The SMILES string of the molecule is Cc1ccc(CN2C(=O)C3SC=CC3N(CC(=O)NC3CCc4ccccc43)C2=O)cc1C. The van der Waals surface area contributed by atoms with E-state index in [9.17, 15) is 14.4 Å². The third kappa shape index (κ3) is 4.06. The average molecular weight is 462 g/mol. The second-order valence-electron chi connectivity index (χ2n) is 8.99. The van der Waals surface area contributed by atoms with E-state index in [0.29, 0.717) is 0 Å². The van der Waals surface area contributed by atoms with Gasteiger partial charge < -0.3 is 10.2 Å². The number of carbonyl (C=O) groups is 3. The number of fused-ring (bicyclic) bond motifs is 2. The summed E-state index contributed by atoms with van der Waals surface area (Å²) in [5.74, 6) is -0.394. The molecule has 5 rings (SSSR count). The van der Waals surface area contributed by atoms with E-state index in [1.54, 1.807) is 4.90 Å². The highest BCUT2D eigenvalue weighted by molar-refractivity contribution is 8.03. The van der Waals surface area contributed by atoms with Gasteiger partial charge in [0.05, 0.1) is 18.6 Å². The number of hydrogen-bond acceptors (Lipinski definition) is 4. The van der Waals surface area contributed by atoms with E-state index in [-0.39, 0.29) is 30.9 Å². The van der Waals surface area contributed by atoms with E-state index in [4.69, 9.17) is 0 Å². The topological polar surface area (TPSA) is 69.7 Å². The molecule has 3 aliphatic rings. The van der Waals surface area contributed by atoms with Gasteiger partial charge in [0.25, 0.3) is 0 Å². The van der Waals surface area contributed by atoms with Crippen molar-refractivity contribution in [2.75, 3.05) is 6.54 Å². The fourth-order valence-corrected chi connectivity index (χ4v) is 5.96. The predicted molar refractivity (Wildman–Crippen MR) is 129 cm³/mol. The minimum atomic E-state index is -0.409. The molecule has 2 heterocycles. The van der Waals surface area contributed by atoms with E-state index >= 15 is 0 Å². The van der Waals surface area contributed by atoms with Crippen molar-refractivity contribution in [2.24, 2.45) is 0 Å². The number of amides is 4. The summed E-state index contributed by atoms with van der Waals surface area (Å²) in [5.41, 5.74) is 5.60. The summed E-state index contributed by atoms with van der Waals surface area (Å²) in [6.45, 7) is 4.19. The van der Waals surface area contributed by atoms with Crippen molar-refractivity contribution in [1.82, 2.24) is 15.1 Å². The molecule has 0 aromatic heterocycles. The van der Waals surface area contributed by atoms with Gasteiger partial charge in [-0.05, 0) is 59.9 Å². The van der Waals surface area contributed by atoms with Crippen molar-refractivity contribution < 1.29 is 14.4 Å². The molecule has 1 fully saturated rings. The van der Waals surface area contributed by atoms with Crippen molar-refractivity contribution in [3.05, 3.63) is 81.8 Å². The maximum atomic E-state index is 13.4. The zero-order valence-electron chi connectivity index (χ0n) is 18.8. The molecule has 7 heteroatoms. The van der Waals surface area contributed by atoms with Gasteiger partial charge in [-0.25, -0.2) is 4.79 Å². The Hall–Kier alpha value is -3.06. The van der Waals surface area contributed by atoms with Crippen LogP contribution in [0.5, 0.6) is 0 Å². The Morgan fingerprint density at radius 1 is 1.12 bits per heavy atom. The van der Waals surface area contributed by atoms with E-state index in [2.05, 4.69) is 17.4 Å². The van der Waals surface area contributed by atoms with E-state index in [1.807, 2.05) is 55.7 Å². The van der Waals surface area contributed by atoms with Crippen molar-refractivity contribution in [3.8, 4) is 0 Å². The summed E-state index contributed by atoms with van der Waals surface area (Å²) in [6, 6.07) is 13.3. The third-order valence-corrected chi connectivity index (χ3v) is 7.94. The molecular formula is C26H27N3O3S. The first-order valence-electron chi connectivity index (χ1n) is 11.3. The van der Waals surface area contributed by atoms with Gasteiger partial charge in [-0.3, -0.25) is 14.5 Å². The van der Waals surface area contributed by atoms with Crippen LogP contribution in [0.25, 0.3) is 0 Å². The summed E-state index contributed by atoms with van der Waals surface area (Å²) in [5, 5.41) is 4.56. The van der Waals surface area contributed by atoms with Gasteiger partial charge in [-0.1, -0.05) is 48.5 Å². The Morgan fingerprint density at radius 3 is 2.76 bits per heavy atom. The van der Waals surface area contributed by atoms with Crippen LogP contribution >= 0.6 is 11.8 Å². The molecule has 0 spiro atoms. The molecule has 0 radical (unpaired) electrons. The van der Waals surface area contributed by atoms with Crippen LogP contribution in [0.2, 0.25) is 0 Å². The quantitative estimate of drug-likeness (QED) is 0.734. The summed E-state index contributed by atoms with van der Waals surface area (Å²) in [6.07, 6.45) is 3.65. The summed E-state index contributed by atoms with van der Waals surface area (Å²) in [7, 11) is 0. The Balaban J connectivity index is 1.33. The molecule has 3 atom stereocenters. The standard InChI is InChI=1S/C26H27N3O3S/c1-16-7-8-18(13-17(16)2)14-29-25(31)24-22(11-12-33-24)28(26(29)32)15-23(30)27-21-10-9-19-5-3-4-6-20(19)21/h3-8,11-13,21-22,24H,9-10,14-15H2,1-2H3,(H,27,30). The van der Waals surface area contributed by atoms with Gasteiger partial charge in [0, 0.05) is 0 Å². The number of nitrogens with one attached hydrogen (secondary N) is 1. The molecule has 3 unspecified atom stereocenters.